The first-order valence-corrected chi connectivity index (χ1v) is 12.2. The van der Waals surface area contributed by atoms with Crippen molar-refractivity contribution in [2.75, 3.05) is 13.7 Å². The summed E-state index contributed by atoms with van der Waals surface area (Å²) in [5.74, 6) is -1.43. The molecular formula is C26H36N2O10. The average molecular weight is 537 g/mol. The fourth-order valence-corrected chi connectivity index (χ4v) is 3.58. The molecule has 1 saturated heterocycles. The number of methoxy groups -OCH3 is 1. The number of nitrogens with one attached hydrogen (secondary N) is 2. The van der Waals surface area contributed by atoms with E-state index in [1.165, 1.54) is 6.08 Å². The van der Waals surface area contributed by atoms with Crippen molar-refractivity contribution in [1.82, 2.24) is 10.6 Å². The van der Waals surface area contributed by atoms with E-state index < -0.39 is 59.9 Å². The molecule has 0 unspecified atom stereocenters. The molecule has 1 fully saturated rings. The molecule has 1 aliphatic rings. The summed E-state index contributed by atoms with van der Waals surface area (Å²) in [5.41, 5.74) is -0.119. The number of allylic oxidation sites excluding steroid dienone is 1. The summed E-state index contributed by atoms with van der Waals surface area (Å²) in [6.45, 7) is 3.21. The number of ether oxygens (including phenoxy) is 3. The molecule has 0 saturated carbocycles. The number of aliphatic hydroxyl groups excluding tert-OH is 3. The Morgan fingerprint density at radius 3 is 2.47 bits per heavy atom. The van der Waals surface area contributed by atoms with E-state index in [2.05, 4.69) is 10.6 Å². The van der Waals surface area contributed by atoms with Crippen molar-refractivity contribution in [1.29, 1.82) is 0 Å². The quantitative estimate of drug-likeness (QED) is 0.138. The molecular weight excluding hydrogens is 500 g/mol. The molecule has 0 radical (unpaired) electrons. The molecule has 1 heterocycles. The Labute approximate surface area is 221 Å². The van der Waals surface area contributed by atoms with Crippen LogP contribution < -0.4 is 10.6 Å². The summed E-state index contributed by atoms with van der Waals surface area (Å²) in [5, 5.41) is 36.0. The van der Waals surface area contributed by atoms with Gasteiger partial charge in [0.25, 0.3) is 5.91 Å². The standard InChI is InChI=1S/C26H36N2O10/c1-26(2,15-29)12-11-19(30)20(31)21(32)22(36-3)24(34)28-18-10-9-17(13-27-23(18)33)38-25(35)37-14-16-7-5-4-6-8-16/h4-8,11-12,15,17-22,30-32H,9-10,13-14H2,1-3H3,(H,27,33)(H,28,34)/t17-,18+,19-,20+,21-,22-/m1/s1. The van der Waals surface area contributed by atoms with Gasteiger partial charge in [0.05, 0.1) is 6.54 Å². The smallest absolute Gasteiger partial charge is 0.429 e. The molecule has 210 valence electrons. The zero-order valence-corrected chi connectivity index (χ0v) is 21.6. The normalized spacial score (nSPS) is 21.4. The fraction of sp³-hybridized carbons (Fsp3) is 0.538. The second-order valence-corrected chi connectivity index (χ2v) is 9.57. The minimum absolute atomic E-state index is 0.0103. The number of carbonyl (C=O) groups excluding carboxylic acids is 4. The van der Waals surface area contributed by atoms with E-state index in [1.807, 2.05) is 18.2 Å². The van der Waals surface area contributed by atoms with Crippen LogP contribution in [0.5, 0.6) is 0 Å². The van der Waals surface area contributed by atoms with Crippen molar-refractivity contribution in [2.45, 2.75) is 69.9 Å². The van der Waals surface area contributed by atoms with E-state index in [1.54, 1.807) is 26.0 Å². The molecule has 38 heavy (non-hydrogen) atoms. The summed E-state index contributed by atoms with van der Waals surface area (Å²) >= 11 is 0. The molecule has 2 rings (SSSR count). The molecule has 5 N–H and O–H groups in total. The Balaban J connectivity index is 1.90. The molecule has 12 nitrogen and oxygen atoms in total. The molecule has 12 heteroatoms. The Morgan fingerprint density at radius 2 is 1.84 bits per heavy atom. The highest BCUT2D eigenvalue weighted by Crippen LogP contribution is 2.17. The van der Waals surface area contributed by atoms with Gasteiger partial charge in [-0.15, -0.1) is 0 Å². The van der Waals surface area contributed by atoms with Gasteiger partial charge in [-0.05, 0) is 32.3 Å². The number of benzene rings is 1. The van der Waals surface area contributed by atoms with Crippen molar-refractivity contribution in [2.24, 2.45) is 5.41 Å². The van der Waals surface area contributed by atoms with Gasteiger partial charge in [-0.3, -0.25) is 9.59 Å². The van der Waals surface area contributed by atoms with E-state index >= 15 is 0 Å². The lowest BCUT2D eigenvalue weighted by atomic mass is 9.93. The minimum atomic E-state index is -1.86. The highest BCUT2D eigenvalue weighted by atomic mass is 16.7. The molecule has 2 amide bonds. The summed E-state index contributed by atoms with van der Waals surface area (Å²) < 4.78 is 15.4. The predicted molar refractivity (Wildman–Crippen MR) is 133 cm³/mol. The van der Waals surface area contributed by atoms with Gasteiger partial charge >= 0.3 is 6.16 Å². The van der Waals surface area contributed by atoms with Crippen molar-refractivity contribution >= 4 is 24.3 Å². The van der Waals surface area contributed by atoms with E-state index in [0.717, 1.165) is 18.7 Å². The van der Waals surface area contributed by atoms with E-state index in [-0.39, 0.29) is 26.0 Å². The summed E-state index contributed by atoms with van der Waals surface area (Å²) in [7, 11) is 1.12. The first-order chi connectivity index (χ1) is 18.0. The van der Waals surface area contributed by atoms with Gasteiger partial charge in [-0.2, -0.15) is 0 Å². The Bertz CT molecular complexity index is 968. The minimum Gasteiger partial charge on any atom is -0.429 e. The van der Waals surface area contributed by atoms with Gasteiger partial charge in [0.2, 0.25) is 5.91 Å². The van der Waals surface area contributed by atoms with Crippen LogP contribution in [0.15, 0.2) is 42.5 Å². The molecule has 0 aliphatic carbocycles. The summed E-state index contributed by atoms with van der Waals surface area (Å²) in [6, 6.07) is 8.01. The molecule has 0 spiro atoms. The maximum atomic E-state index is 12.8. The zero-order valence-electron chi connectivity index (χ0n) is 21.6. The van der Waals surface area contributed by atoms with Crippen LogP contribution in [0.25, 0.3) is 0 Å². The Morgan fingerprint density at radius 1 is 1.16 bits per heavy atom. The van der Waals surface area contributed by atoms with E-state index in [9.17, 15) is 34.5 Å². The van der Waals surface area contributed by atoms with Crippen LogP contribution in [0.4, 0.5) is 4.79 Å². The second kappa shape index (κ2) is 14.6. The summed E-state index contributed by atoms with van der Waals surface area (Å²) in [4.78, 5) is 48.3. The van der Waals surface area contributed by atoms with Crippen LogP contribution in [0.3, 0.4) is 0 Å². The van der Waals surface area contributed by atoms with Crippen LogP contribution in [0.2, 0.25) is 0 Å². The van der Waals surface area contributed by atoms with Gasteiger partial charge in [0.1, 0.15) is 43.4 Å². The van der Waals surface area contributed by atoms with Gasteiger partial charge in [-0.25, -0.2) is 4.79 Å². The highest BCUT2D eigenvalue weighted by molar-refractivity contribution is 5.89. The maximum absolute atomic E-state index is 12.8. The third kappa shape index (κ3) is 9.53. The summed E-state index contributed by atoms with van der Waals surface area (Å²) in [6.07, 6.45) is -5.02. The van der Waals surface area contributed by atoms with Crippen molar-refractivity contribution in [3.05, 3.63) is 48.0 Å². The number of rotatable bonds is 12. The van der Waals surface area contributed by atoms with Crippen LogP contribution in [-0.4, -0.2) is 89.8 Å². The molecule has 1 aromatic rings. The fourth-order valence-electron chi connectivity index (χ4n) is 3.58. The molecule has 0 bridgehead atoms. The third-order valence-corrected chi connectivity index (χ3v) is 5.93. The molecule has 0 aromatic heterocycles. The van der Waals surface area contributed by atoms with Gasteiger partial charge in [-0.1, -0.05) is 42.5 Å². The number of hydrogen-bond donors (Lipinski definition) is 5. The number of hydrogen-bond acceptors (Lipinski definition) is 10. The second-order valence-electron chi connectivity index (χ2n) is 9.57. The zero-order chi connectivity index (χ0) is 28.3. The first-order valence-electron chi connectivity index (χ1n) is 12.2. The van der Waals surface area contributed by atoms with Crippen molar-refractivity contribution in [3.8, 4) is 0 Å². The highest BCUT2D eigenvalue weighted by Gasteiger charge is 2.37. The lowest BCUT2D eigenvalue weighted by Crippen LogP contribution is -2.55. The largest absolute Gasteiger partial charge is 0.508 e. The Hall–Kier alpha value is -3.32. The lowest BCUT2D eigenvalue weighted by molar-refractivity contribution is -0.150. The monoisotopic (exact) mass is 536 g/mol. The van der Waals surface area contributed by atoms with Gasteiger partial charge in [0.15, 0.2) is 6.10 Å². The predicted octanol–water partition coefficient (Wildman–Crippen LogP) is -0.0178. The first kappa shape index (κ1) is 30.9. The van der Waals surface area contributed by atoms with Crippen LogP contribution in [0, 0.1) is 5.41 Å². The van der Waals surface area contributed by atoms with Gasteiger partial charge in [0, 0.05) is 12.5 Å². The van der Waals surface area contributed by atoms with Gasteiger partial charge < -0.3 is 45.0 Å². The SMILES string of the molecule is CO[C@@H](C(=O)N[C@H]1CC[C@@H](OC(=O)OCc2ccccc2)CNC1=O)[C@H](O)[C@@H](O)[C@H](O)C=CC(C)(C)C=O. The molecule has 1 aromatic carbocycles. The van der Waals surface area contributed by atoms with Crippen LogP contribution in [-0.2, 0) is 35.2 Å². The van der Waals surface area contributed by atoms with Crippen LogP contribution in [0.1, 0.15) is 32.3 Å². The number of amides is 2. The number of aldehydes is 1. The number of carbonyl (C=O) groups is 4. The average Bonchev–Trinajstić information content (AvgIpc) is 3.07. The molecule has 6 atom stereocenters. The van der Waals surface area contributed by atoms with Crippen molar-refractivity contribution in [3.63, 3.8) is 0 Å². The molecule has 1 aliphatic heterocycles. The number of aliphatic hydroxyl groups is 3. The van der Waals surface area contributed by atoms with Crippen LogP contribution >= 0.6 is 0 Å². The lowest BCUT2D eigenvalue weighted by Gasteiger charge is -2.28. The topological polar surface area (TPSA) is 181 Å². The van der Waals surface area contributed by atoms with E-state index in [4.69, 9.17) is 14.2 Å². The Kier molecular flexibility index (Phi) is 11.9. The third-order valence-electron chi connectivity index (χ3n) is 5.93. The van der Waals surface area contributed by atoms with Crippen molar-refractivity contribution < 1.29 is 48.7 Å². The van der Waals surface area contributed by atoms with E-state index in [0.29, 0.717) is 6.29 Å². The maximum Gasteiger partial charge on any atom is 0.508 e.